The number of benzene rings is 5. The predicted molar refractivity (Wildman–Crippen MR) is 553 cm³/mol. The van der Waals surface area contributed by atoms with Crippen LogP contribution in [0.4, 0.5) is 40.8 Å². The lowest BCUT2D eigenvalue weighted by atomic mass is 9.63. The van der Waals surface area contributed by atoms with E-state index in [9.17, 15) is 13.2 Å². The quantitative estimate of drug-likeness (QED) is 0.0341. The van der Waals surface area contributed by atoms with Gasteiger partial charge in [-0.2, -0.15) is 4.39 Å². The molecule has 5 saturated heterocycles. The van der Waals surface area contributed by atoms with Crippen molar-refractivity contribution in [2.45, 2.75) is 304 Å². The molecule has 0 bridgehead atoms. The Hall–Kier alpha value is -11.4. The highest BCUT2D eigenvalue weighted by Gasteiger charge is 2.61. The Bertz CT molecular complexity index is 6450. The minimum Gasteiger partial charge on any atom is -0.493 e. The number of halogens is 8. The molecule has 0 radical (unpaired) electrons. The summed E-state index contributed by atoms with van der Waals surface area (Å²) >= 11 is 0. The topological polar surface area (TPSA) is 327 Å². The summed E-state index contributed by atoms with van der Waals surface area (Å²) < 4.78 is 176. The SMILES string of the molecule is C.CC1(C)C[C@H]2CC(C)(C)C(N)=N[C@@]2(c2cc(OC3CCC3)ccc2F)CO1.CC1(C)C[C@H]2CC(C)(C)C(N)=N[C@@]2(c2cc(OCC3CC3)ccc2F)CO1.CC1(C)C[C@H]2CC(C)(C)C(N)=N[C@@]2(c2cc(Oc3cc(F)cnc3F)ccc2F)CO1.CC1(C)C[C@H]2CC(C)(C)C(N)=N[C@@]2(c2cc(Oc3ncccc3F)ccc2F)CO1.[C-]#[N+]c1ccnc(Oc2ccc(F)c([C@]34COC(C)(C)C[C@H]3CC(C)(C)C(N)=N4)c2)c1. The van der Waals surface area contributed by atoms with Crippen molar-refractivity contribution in [2.75, 3.05) is 39.6 Å². The van der Waals surface area contributed by atoms with Crippen LogP contribution in [0.2, 0.25) is 0 Å². The number of nitrogens with two attached hydrogens (primary N) is 5. The Morgan fingerprint density at radius 1 is 0.354 bits per heavy atom. The molecule has 2 saturated carbocycles. The summed E-state index contributed by atoms with van der Waals surface area (Å²) in [6.07, 6.45) is 17.5. The van der Waals surface area contributed by atoms with Gasteiger partial charge in [0, 0.05) is 79.4 Å². The van der Waals surface area contributed by atoms with Crippen LogP contribution in [0.3, 0.4) is 0 Å². The summed E-state index contributed by atoms with van der Waals surface area (Å²) in [5.41, 5.74) is 26.9. The molecule has 32 heteroatoms. The molecule has 12 aliphatic rings. The van der Waals surface area contributed by atoms with E-state index in [2.05, 4.69) is 117 Å². The van der Waals surface area contributed by atoms with Gasteiger partial charge < -0.3 is 76.0 Å². The largest absolute Gasteiger partial charge is 0.493 e. The molecule has 3 aromatic heterocycles. The van der Waals surface area contributed by atoms with E-state index in [-0.39, 0.29) is 170 Å². The number of nitrogens with zero attached hydrogens (tertiary/aromatic N) is 9. The van der Waals surface area contributed by atoms with E-state index in [4.69, 9.17) is 108 Å². The molecule has 147 heavy (non-hydrogen) atoms. The Kier molecular flexibility index (Phi) is 30.3. The van der Waals surface area contributed by atoms with Crippen molar-refractivity contribution >= 4 is 34.9 Å². The van der Waals surface area contributed by atoms with Crippen LogP contribution in [0.5, 0.6) is 46.3 Å². The summed E-state index contributed by atoms with van der Waals surface area (Å²) in [7, 11) is 0. The first-order valence-electron chi connectivity index (χ1n) is 50.8. The van der Waals surface area contributed by atoms with Gasteiger partial charge >= 0.3 is 0 Å². The fourth-order valence-electron chi connectivity index (χ4n) is 22.8. The fourth-order valence-corrected chi connectivity index (χ4v) is 22.8. The molecule has 20 rings (SSSR count). The van der Waals surface area contributed by atoms with Gasteiger partial charge in [-0.3, -0.25) is 25.0 Å². The Labute approximate surface area is 859 Å². The van der Waals surface area contributed by atoms with E-state index in [1.54, 1.807) is 42.5 Å². The van der Waals surface area contributed by atoms with Crippen LogP contribution in [0, 0.1) is 116 Å². The minimum absolute atomic E-state index is 0. The molecular weight excluding hydrogens is 1890 g/mol. The summed E-state index contributed by atoms with van der Waals surface area (Å²) in [6.45, 7) is 50.4. The smallest absolute Gasteiger partial charge is 0.256 e. The molecule has 8 aromatic rings. The average Bonchev–Trinajstić information content (AvgIpc) is 1.74. The lowest BCUT2D eigenvalue weighted by molar-refractivity contribution is -0.123. The van der Waals surface area contributed by atoms with Gasteiger partial charge in [0.1, 0.15) is 121 Å². The zero-order valence-electron chi connectivity index (χ0n) is 87.7. The molecular formula is C115H146F8N14O10. The molecule has 13 heterocycles. The number of hydrogen-bond acceptors (Lipinski definition) is 23. The first kappa shape index (κ1) is 110. The van der Waals surface area contributed by atoms with E-state index < -0.39 is 56.9 Å². The fraction of sp³-hybridized carbons (Fsp3) is 0.557. The van der Waals surface area contributed by atoms with Crippen molar-refractivity contribution in [2.24, 2.45) is 116 Å². The Morgan fingerprint density at radius 3 is 1.01 bits per heavy atom. The summed E-state index contributed by atoms with van der Waals surface area (Å²) in [5.74, 6) is 1.44. The molecule has 5 aromatic carbocycles. The van der Waals surface area contributed by atoms with Gasteiger partial charge in [-0.05, 0) is 310 Å². The summed E-state index contributed by atoms with van der Waals surface area (Å²) in [6, 6.07) is 29.8. The third kappa shape index (κ3) is 23.2. The lowest BCUT2D eigenvalue weighted by Gasteiger charge is -2.52. The van der Waals surface area contributed by atoms with Crippen LogP contribution in [0.1, 0.15) is 270 Å². The van der Waals surface area contributed by atoms with Crippen LogP contribution in [0.25, 0.3) is 4.85 Å². The van der Waals surface area contributed by atoms with E-state index in [1.807, 2.05) is 53.7 Å². The molecule has 10 aliphatic heterocycles. The van der Waals surface area contributed by atoms with Crippen molar-refractivity contribution in [1.29, 1.82) is 0 Å². The molecule has 0 spiro atoms. The van der Waals surface area contributed by atoms with Crippen LogP contribution >= 0.6 is 0 Å². The van der Waals surface area contributed by atoms with Gasteiger partial charge in [-0.25, -0.2) is 50.5 Å². The highest BCUT2D eigenvalue weighted by Crippen LogP contribution is 2.61. The number of amidine groups is 5. The minimum atomic E-state index is -1.03. The van der Waals surface area contributed by atoms with Gasteiger partial charge in [-0.15, -0.1) is 0 Å². The van der Waals surface area contributed by atoms with Crippen LogP contribution in [0.15, 0.2) is 165 Å². The molecule has 10 N–H and O–H groups in total. The van der Waals surface area contributed by atoms with Gasteiger partial charge in [0.05, 0.1) is 86.5 Å². The number of pyridine rings is 3. The third-order valence-electron chi connectivity index (χ3n) is 31.9. The van der Waals surface area contributed by atoms with E-state index in [1.165, 1.54) is 92.3 Å². The zero-order chi connectivity index (χ0) is 106. The first-order chi connectivity index (χ1) is 68.2. The van der Waals surface area contributed by atoms with E-state index in [0.717, 1.165) is 70.1 Å². The number of rotatable bonds is 16. The monoisotopic (exact) mass is 2040 g/mol. The number of hydrogen-bond donors (Lipinski definition) is 5. The van der Waals surface area contributed by atoms with E-state index >= 15 is 22.0 Å². The molecule has 24 nitrogen and oxygen atoms in total. The predicted octanol–water partition coefficient (Wildman–Crippen LogP) is 25.0. The van der Waals surface area contributed by atoms with Crippen molar-refractivity contribution in [3.8, 4) is 46.3 Å². The second-order valence-electron chi connectivity index (χ2n) is 48.4. The Balaban J connectivity index is 0.000000138. The number of aliphatic imine (C=N–C) groups is 5. The van der Waals surface area contributed by atoms with Crippen LogP contribution in [-0.2, 0) is 51.4 Å². The second kappa shape index (κ2) is 40.5. The lowest BCUT2D eigenvalue weighted by Crippen LogP contribution is -2.56. The van der Waals surface area contributed by atoms with Crippen molar-refractivity contribution in [3.63, 3.8) is 0 Å². The van der Waals surface area contributed by atoms with Crippen LogP contribution in [-0.4, -0.2) is 118 Å². The summed E-state index contributed by atoms with van der Waals surface area (Å²) in [4.78, 5) is 39.1. The zero-order valence-corrected chi connectivity index (χ0v) is 87.7. The molecule has 2 aliphatic carbocycles. The van der Waals surface area contributed by atoms with Gasteiger partial charge in [0.2, 0.25) is 5.88 Å². The van der Waals surface area contributed by atoms with Gasteiger partial charge in [0.25, 0.3) is 11.8 Å². The van der Waals surface area contributed by atoms with Gasteiger partial charge in [0.15, 0.2) is 17.3 Å². The third-order valence-corrected chi connectivity index (χ3v) is 31.9. The maximum absolute atomic E-state index is 15.2. The maximum atomic E-state index is 15.2. The van der Waals surface area contributed by atoms with Crippen LogP contribution < -0.4 is 52.4 Å². The number of ether oxygens (including phenoxy) is 10. The van der Waals surface area contributed by atoms with E-state index in [0.29, 0.717) is 119 Å². The highest BCUT2D eigenvalue weighted by atomic mass is 19.2. The van der Waals surface area contributed by atoms with Crippen molar-refractivity contribution in [1.82, 2.24) is 15.0 Å². The molecule has 7 fully saturated rings. The molecule has 0 amide bonds. The molecule has 792 valence electrons. The normalized spacial score (nSPS) is 28.5. The molecule has 10 atom stereocenters. The van der Waals surface area contributed by atoms with Gasteiger partial charge in [-0.1, -0.05) is 76.7 Å². The maximum Gasteiger partial charge on any atom is 0.256 e. The van der Waals surface area contributed by atoms with Crippen molar-refractivity contribution < 1.29 is 82.5 Å². The standard InChI is InChI=1S/C24H27FN4O2.C23H26F3N3O2.C23H27F2N3O2.2C22H31FN2O2.CH4/c1-22(2)12-15-13-23(3,4)30-14-24(15,29-21(22)26)18-11-17(6-7-19(18)25)31-20-10-16(27-5)8-9-28-20;1-21(2)9-13-10-22(3,4)30-12-23(13,29-20(21)27)16-8-15(5-6-17(16)25)31-18-7-14(24)11-28-19(18)26;1-21(2)11-14-12-22(3,4)29-13-23(14,28-20(21)26)16-10-15(7-8-17(16)24)30-19-18(25)6-5-9-27-19;1-20(2)10-15-11-21(3,4)27-13-22(15,25-19(20)24)17-9-16(7-8-18(17)23)26-12-14-5-6-14;1-20(2)11-14-12-21(3,4)26-13-22(14,25-19(20)24)17-10-16(8-9-18(17)23)27-15-6-5-7-15;/h6-11,15H,12-14H2,1-4H3,(H2,26,29);5-8,11,13H,9-10,12H2,1-4H3,(H2,27,29);5-10,14H,11-13H2,1-4H3,(H2,26,28);7-9,14-15H,5-6,10-13H2,1-4H3,(H2,24,25);8-10,14-15H,5-7,11-13H2,1-4H3,(H2,24,25);1H4/t15-,24+;13-,23+;14-,23+;15-,22+;14-,22+;/m11111./s1. The average molecular weight is 2040 g/mol. The second-order valence-corrected chi connectivity index (χ2v) is 48.4. The number of fused-ring (bicyclic) bond motifs is 5. The molecule has 0 unspecified atom stereocenters. The summed E-state index contributed by atoms with van der Waals surface area (Å²) in [5, 5.41) is 0. The first-order valence-corrected chi connectivity index (χ1v) is 50.8. The van der Waals surface area contributed by atoms with Crippen molar-refractivity contribution in [3.05, 3.63) is 226 Å². The Morgan fingerprint density at radius 2 is 0.680 bits per heavy atom. The number of aromatic nitrogens is 3. The highest BCUT2D eigenvalue weighted by molar-refractivity contribution is 5.90.